The molecule has 2 aromatic rings. The van der Waals surface area contributed by atoms with Gasteiger partial charge in [0, 0.05) is 42.7 Å². The molecule has 5 nitrogen and oxygen atoms in total. The molecule has 0 aliphatic carbocycles. The number of nitrogens with zero attached hydrogens (tertiary/aromatic N) is 3. The van der Waals surface area contributed by atoms with Gasteiger partial charge in [-0.05, 0) is 31.9 Å². The van der Waals surface area contributed by atoms with Crippen LogP contribution in [0.25, 0.3) is 0 Å². The van der Waals surface area contributed by atoms with Crippen LogP contribution in [0.4, 0.5) is 5.82 Å². The zero-order valence-electron chi connectivity index (χ0n) is 12.6. The third-order valence-corrected chi connectivity index (χ3v) is 3.31. The summed E-state index contributed by atoms with van der Waals surface area (Å²) in [4.78, 5) is 13.0. The lowest BCUT2D eigenvalue weighted by atomic mass is 10.0. The molecule has 0 saturated heterocycles. The van der Waals surface area contributed by atoms with Crippen molar-refractivity contribution in [3.05, 3.63) is 47.7 Å². The van der Waals surface area contributed by atoms with Crippen LogP contribution in [0.2, 0.25) is 0 Å². The summed E-state index contributed by atoms with van der Waals surface area (Å²) in [5.74, 6) is 1.70. The predicted octanol–water partition coefficient (Wildman–Crippen LogP) is 2.01. The predicted molar refractivity (Wildman–Crippen MR) is 83.2 cm³/mol. The molecule has 2 aromatic heterocycles. The largest absolute Gasteiger partial charge is 0.396 e. The molecule has 0 aliphatic heterocycles. The van der Waals surface area contributed by atoms with E-state index in [4.69, 9.17) is 0 Å². The molecule has 1 unspecified atom stereocenters. The lowest BCUT2D eigenvalue weighted by Crippen LogP contribution is -2.21. The van der Waals surface area contributed by atoms with Crippen molar-refractivity contribution in [2.24, 2.45) is 5.92 Å². The van der Waals surface area contributed by atoms with Gasteiger partial charge in [0.05, 0.1) is 0 Å². The first kappa shape index (κ1) is 15.4. The highest BCUT2D eigenvalue weighted by Crippen LogP contribution is 2.10. The van der Waals surface area contributed by atoms with Gasteiger partial charge in [0.2, 0.25) is 0 Å². The number of aryl methyl sites for hydroxylation is 2. The van der Waals surface area contributed by atoms with Crippen LogP contribution in [0.15, 0.2) is 30.5 Å². The molecule has 0 aromatic carbocycles. The van der Waals surface area contributed by atoms with Crippen molar-refractivity contribution >= 4 is 5.82 Å². The standard InChI is InChI=1S/C16H22N4O/c1-3-14-9-16(20-12(2)19-14)18-10-13(11-21)8-15-6-4-5-7-17-15/h4-7,9,13,21H,3,8,10-11H2,1-2H3,(H,18,19,20). The molecule has 2 N–H and O–H groups in total. The summed E-state index contributed by atoms with van der Waals surface area (Å²) in [6.45, 7) is 4.74. The average molecular weight is 286 g/mol. The molecule has 5 heteroatoms. The van der Waals surface area contributed by atoms with Crippen LogP contribution in [0.5, 0.6) is 0 Å². The molecule has 112 valence electrons. The first-order valence-electron chi connectivity index (χ1n) is 7.30. The Bertz CT molecular complexity index is 559. The topological polar surface area (TPSA) is 70.9 Å². The van der Waals surface area contributed by atoms with E-state index in [-0.39, 0.29) is 12.5 Å². The van der Waals surface area contributed by atoms with Crippen LogP contribution in [-0.4, -0.2) is 33.2 Å². The van der Waals surface area contributed by atoms with Crippen molar-refractivity contribution in [1.82, 2.24) is 15.0 Å². The molecule has 0 spiro atoms. The number of hydrogen-bond acceptors (Lipinski definition) is 5. The minimum atomic E-state index is 0.111. The molecule has 0 fully saturated rings. The van der Waals surface area contributed by atoms with Gasteiger partial charge >= 0.3 is 0 Å². The Hall–Kier alpha value is -2.01. The quantitative estimate of drug-likeness (QED) is 0.814. The van der Waals surface area contributed by atoms with E-state index in [0.29, 0.717) is 6.54 Å². The number of hydrogen-bond donors (Lipinski definition) is 2. The van der Waals surface area contributed by atoms with Crippen LogP contribution in [0.1, 0.15) is 24.1 Å². The first-order valence-corrected chi connectivity index (χ1v) is 7.30. The maximum Gasteiger partial charge on any atom is 0.129 e. The fourth-order valence-electron chi connectivity index (χ4n) is 2.17. The summed E-state index contributed by atoms with van der Waals surface area (Å²) >= 11 is 0. The highest BCUT2D eigenvalue weighted by atomic mass is 16.3. The van der Waals surface area contributed by atoms with E-state index >= 15 is 0 Å². The third kappa shape index (κ3) is 4.79. The summed E-state index contributed by atoms with van der Waals surface area (Å²) in [6.07, 6.45) is 3.41. The molecule has 0 aliphatic rings. The maximum atomic E-state index is 9.52. The Morgan fingerprint density at radius 2 is 2.10 bits per heavy atom. The van der Waals surface area contributed by atoms with Gasteiger partial charge in [-0.25, -0.2) is 9.97 Å². The van der Waals surface area contributed by atoms with E-state index in [1.807, 2.05) is 31.2 Å². The van der Waals surface area contributed by atoms with Gasteiger partial charge in [-0.2, -0.15) is 0 Å². The number of pyridine rings is 1. The van der Waals surface area contributed by atoms with E-state index in [9.17, 15) is 5.11 Å². The Kier molecular flexibility index (Phi) is 5.63. The van der Waals surface area contributed by atoms with E-state index in [0.717, 1.165) is 35.9 Å². The van der Waals surface area contributed by atoms with E-state index in [1.165, 1.54) is 0 Å². The summed E-state index contributed by atoms with van der Waals surface area (Å²) in [6, 6.07) is 7.80. The van der Waals surface area contributed by atoms with Gasteiger partial charge in [-0.3, -0.25) is 4.98 Å². The highest BCUT2D eigenvalue weighted by Gasteiger charge is 2.10. The molecule has 21 heavy (non-hydrogen) atoms. The van der Waals surface area contributed by atoms with Crippen LogP contribution in [0.3, 0.4) is 0 Å². The van der Waals surface area contributed by atoms with Crippen LogP contribution in [-0.2, 0) is 12.8 Å². The SMILES string of the molecule is CCc1cc(NCC(CO)Cc2ccccn2)nc(C)n1. The molecule has 0 amide bonds. The van der Waals surface area contributed by atoms with Crippen molar-refractivity contribution in [1.29, 1.82) is 0 Å². The Balaban J connectivity index is 1.95. The second-order valence-corrected chi connectivity index (χ2v) is 5.10. The van der Waals surface area contributed by atoms with Crippen LogP contribution in [0, 0.1) is 12.8 Å². The van der Waals surface area contributed by atoms with Gasteiger partial charge in [-0.15, -0.1) is 0 Å². The van der Waals surface area contributed by atoms with E-state index in [2.05, 4.69) is 27.2 Å². The maximum absolute atomic E-state index is 9.52. The Morgan fingerprint density at radius 1 is 1.24 bits per heavy atom. The number of aliphatic hydroxyl groups is 1. The number of nitrogens with one attached hydrogen (secondary N) is 1. The lowest BCUT2D eigenvalue weighted by molar-refractivity contribution is 0.232. The average Bonchev–Trinajstić information content (AvgIpc) is 2.51. The van der Waals surface area contributed by atoms with Gasteiger partial charge in [0.1, 0.15) is 11.6 Å². The van der Waals surface area contributed by atoms with Crippen LogP contribution >= 0.6 is 0 Å². The number of aromatic nitrogens is 3. The summed E-state index contributed by atoms with van der Waals surface area (Å²) in [5, 5.41) is 12.8. The zero-order chi connectivity index (χ0) is 15.1. The third-order valence-electron chi connectivity index (χ3n) is 3.31. The number of rotatable bonds is 7. The molecular weight excluding hydrogens is 264 g/mol. The van der Waals surface area contributed by atoms with Crippen molar-refractivity contribution in [3.8, 4) is 0 Å². The summed E-state index contributed by atoms with van der Waals surface area (Å²) in [7, 11) is 0. The van der Waals surface area contributed by atoms with E-state index < -0.39 is 0 Å². The fourth-order valence-corrected chi connectivity index (χ4v) is 2.17. The van der Waals surface area contributed by atoms with Gasteiger partial charge < -0.3 is 10.4 Å². The van der Waals surface area contributed by atoms with Crippen LogP contribution < -0.4 is 5.32 Å². The minimum absolute atomic E-state index is 0.111. The minimum Gasteiger partial charge on any atom is -0.396 e. The lowest BCUT2D eigenvalue weighted by Gasteiger charge is -2.15. The second kappa shape index (κ2) is 7.69. The summed E-state index contributed by atoms with van der Waals surface area (Å²) in [5.41, 5.74) is 2.02. The van der Waals surface area contributed by atoms with E-state index in [1.54, 1.807) is 6.20 Å². The monoisotopic (exact) mass is 286 g/mol. The Labute approximate surface area is 125 Å². The van der Waals surface area contributed by atoms with Crippen molar-refractivity contribution in [2.75, 3.05) is 18.5 Å². The fraction of sp³-hybridized carbons (Fsp3) is 0.438. The first-order chi connectivity index (χ1) is 10.2. The van der Waals surface area contributed by atoms with Gasteiger partial charge in [0.25, 0.3) is 0 Å². The van der Waals surface area contributed by atoms with Crippen molar-refractivity contribution < 1.29 is 5.11 Å². The summed E-state index contributed by atoms with van der Waals surface area (Å²) < 4.78 is 0. The Morgan fingerprint density at radius 3 is 2.76 bits per heavy atom. The zero-order valence-corrected chi connectivity index (χ0v) is 12.6. The molecule has 2 heterocycles. The van der Waals surface area contributed by atoms with Crippen molar-refractivity contribution in [3.63, 3.8) is 0 Å². The molecule has 0 bridgehead atoms. The normalized spacial score (nSPS) is 12.1. The molecule has 0 saturated carbocycles. The molecular formula is C16H22N4O. The molecule has 2 rings (SSSR count). The number of anilines is 1. The van der Waals surface area contributed by atoms with Crippen molar-refractivity contribution in [2.45, 2.75) is 26.7 Å². The number of aliphatic hydroxyl groups excluding tert-OH is 1. The highest BCUT2D eigenvalue weighted by molar-refractivity contribution is 5.36. The molecule has 0 radical (unpaired) electrons. The smallest absolute Gasteiger partial charge is 0.129 e. The van der Waals surface area contributed by atoms with Gasteiger partial charge in [-0.1, -0.05) is 13.0 Å². The van der Waals surface area contributed by atoms with Gasteiger partial charge in [0.15, 0.2) is 0 Å². The second-order valence-electron chi connectivity index (χ2n) is 5.10. The molecule has 1 atom stereocenters.